The minimum absolute atomic E-state index is 0.0603. The molecule has 6 heteroatoms. The van der Waals surface area contributed by atoms with E-state index in [1.54, 1.807) is 12.1 Å². The molecular weight excluding hydrogens is 289 g/mol. The van der Waals surface area contributed by atoms with Gasteiger partial charge in [0.1, 0.15) is 0 Å². The van der Waals surface area contributed by atoms with Crippen LogP contribution in [0, 0.1) is 0 Å². The predicted molar refractivity (Wildman–Crippen MR) is 76.5 cm³/mol. The van der Waals surface area contributed by atoms with Crippen molar-refractivity contribution in [2.24, 2.45) is 0 Å². The van der Waals surface area contributed by atoms with Gasteiger partial charge in [-0.1, -0.05) is 34.6 Å². The second-order valence-electron chi connectivity index (χ2n) is 3.88. The zero-order valence-electron chi connectivity index (χ0n) is 9.86. The van der Waals surface area contributed by atoms with Crippen molar-refractivity contribution in [2.75, 3.05) is 6.54 Å². The van der Waals surface area contributed by atoms with Crippen LogP contribution in [0.2, 0.25) is 10.0 Å². The summed E-state index contributed by atoms with van der Waals surface area (Å²) in [5.74, 6) is 0. The van der Waals surface area contributed by atoms with Crippen molar-refractivity contribution >= 4 is 34.7 Å². The molecule has 1 aromatic heterocycles. The first kappa shape index (κ1) is 13.7. The Labute approximate surface area is 120 Å². The maximum Gasteiger partial charge on any atom is 0.0970 e. The number of benzene rings is 1. The molecule has 1 aromatic carbocycles. The Kier molecular flexibility index (Phi) is 4.95. The van der Waals surface area contributed by atoms with Gasteiger partial charge in [-0.2, -0.15) is 0 Å². The first-order chi connectivity index (χ1) is 8.72. The van der Waals surface area contributed by atoms with Crippen LogP contribution < -0.4 is 5.32 Å². The molecule has 0 aliphatic rings. The van der Waals surface area contributed by atoms with E-state index in [2.05, 4.69) is 21.8 Å². The van der Waals surface area contributed by atoms with E-state index in [0.717, 1.165) is 24.2 Å². The van der Waals surface area contributed by atoms with Crippen LogP contribution in [0.3, 0.4) is 0 Å². The van der Waals surface area contributed by atoms with Crippen LogP contribution in [0.4, 0.5) is 0 Å². The normalized spacial score (nSPS) is 12.6. The standard InChI is InChI=1S/C12H13Cl2N3S/c1-2-5-15-12(11-7-18-17-16-11)9-6-8(13)3-4-10(9)14/h3-4,6-7,12,15H,2,5H2,1H3. The highest BCUT2D eigenvalue weighted by atomic mass is 35.5. The number of nitrogens with zero attached hydrogens (tertiary/aromatic N) is 2. The number of hydrogen-bond acceptors (Lipinski definition) is 4. The lowest BCUT2D eigenvalue weighted by Crippen LogP contribution is -2.23. The van der Waals surface area contributed by atoms with Crippen LogP contribution in [-0.4, -0.2) is 16.1 Å². The summed E-state index contributed by atoms with van der Waals surface area (Å²) in [4.78, 5) is 0. The van der Waals surface area contributed by atoms with E-state index in [-0.39, 0.29) is 6.04 Å². The highest BCUT2D eigenvalue weighted by Crippen LogP contribution is 2.30. The van der Waals surface area contributed by atoms with Gasteiger partial charge in [-0.05, 0) is 48.3 Å². The van der Waals surface area contributed by atoms with Crippen LogP contribution >= 0.6 is 34.7 Å². The van der Waals surface area contributed by atoms with Crippen molar-refractivity contribution in [1.29, 1.82) is 0 Å². The monoisotopic (exact) mass is 301 g/mol. The fraction of sp³-hybridized carbons (Fsp3) is 0.333. The minimum atomic E-state index is -0.0603. The first-order valence-electron chi connectivity index (χ1n) is 5.67. The highest BCUT2D eigenvalue weighted by molar-refractivity contribution is 7.03. The van der Waals surface area contributed by atoms with E-state index in [4.69, 9.17) is 23.2 Å². The van der Waals surface area contributed by atoms with Gasteiger partial charge in [-0.25, -0.2) is 0 Å². The molecule has 2 aromatic rings. The van der Waals surface area contributed by atoms with E-state index < -0.39 is 0 Å². The molecule has 0 amide bonds. The van der Waals surface area contributed by atoms with Crippen molar-refractivity contribution in [3.05, 3.63) is 44.9 Å². The Bertz CT molecular complexity index is 502. The summed E-state index contributed by atoms with van der Waals surface area (Å²) < 4.78 is 3.90. The van der Waals surface area contributed by atoms with Gasteiger partial charge in [0.25, 0.3) is 0 Å². The fourth-order valence-electron chi connectivity index (χ4n) is 1.70. The number of halogens is 2. The molecule has 18 heavy (non-hydrogen) atoms. The molecule has 0 bridgehead atoms. The lowest BCUT2D eigenvalue weighted by atomic mass is 10.0. The summed E-state index contributed by atoms with van der Waals surface area (Å²) in [6.07, 6.45) is 1.03. The molecule has 0 aliphatic carbocycles. The van der Waals surface area contributed by atoms with Gasteiger partial charge < -0.3 is 5.32 Å². The summed E-state index contributed by atoms with van der Waals surface area (Å²) >= 11 is 13.6. The largest absolute Gasteiger partial charge is 0.305 e. The number of nitrogens with one attached hydrogen (secondary N) is 1. The number of hydrogen-bond donors (Lipinski definition) is 1. The van der Waals surface area contributed by atoms with E-state index in [9.17, 15) is 0 Å². The highest BCUT2D eigenvalue weighted by Gasteiger charge is 2.19. The van der Waals surface area contributed by atoms with Gasteiger partial charge in [0.15, 0.2) is 0 Å². The summed E-state index contributed by atoms with van der Waals surface area (Å²) in [6, 6.07) is 5.40. The quantitative estimate of drug-likeness (QED) is 0.909. The number of rotatable bonds is 5. The average molecular weight is 302 g/mol. The summed E-state index contributed by atoms with van der Waals surface area (Å²) in [6.45, 7) is 2.99. The number of aromatic nitrogens is 2. The molecule has 1 heterocycles. The molecule has 1 unspecified atom stereocenters. The SMILES string of the molecule is CCCNC(c1csnn1)c1cc(Cl)ccc1Cl. The van der Waals surface area contributed by atoms with Gasteiger partial charge in [0.05, 0.1) is 11.7 Å². The average Bonchev–Trinajstić information content (AvgIpc) is 2.88. The van der Waals surface area contributed by atoms with Crippen LogP contribution in [0.5, 0.6) is 0 Å². The molecule has 1 N–H and O–H groups in total. The molecule has 2 rings (SSSR count). The van der Waals surface area contributed by atoms with Gasteiger partial charge in [0, 0.05) is 15.4 Å². The molecular formula is C12H13Cl2N3S. The summed E-state index contributed by atoms with van der Waals surface area (Å²) in [7, 11) is 0. The van der Waals surface area contributed by atoms with Crippen molar-refractivity contribution in [2.45, 2.75) is 19.4 Å². The third kappa shape index (κ3) is 3.20. The van der Waals surface area contributed by atoms with E-state index in [1.165, 1.54) is 11.5 Å². The molecule has 1 atom stereocenters. The lowest BCUT2D eigenvalue weighted by Gasteiger charge is -2.18. The minimum Gasteiger partial charge on any atom is -0.305 e. The Balaban J connectivity index is 2.36. The third-order valence-corrected chi connectivity index (χ3v) is 3.64. The smallest absolute Gasteiger partial charge is 0.0970 e. The Morgan fingerprint density at radius 2 is 2.22 bits per heavy atom. The molecule has 0 radical (unpaired) electrons. The van der Waals surface area contributed by atoms with Gasteiger partial charge in [-0.15, -0.1) is 5.10 Å². The van der Waals surface area contributed by atoms with Gasteiger partial charge in [-0.3, -0.25) is 0 Å². The molecule has 3 nitrogen and oxygen atoms in total. The topological polar surface area (TPSA) is 37.8 Å². The van der Waals surface area contributed by atoms with Gasteiger partial charge >= 0.3 is 0 Å². The first-order valence-corrected chi connectivity index (χ1v) is 7.27. The zero-order chi connectivity index (χ0) is 13.0. The Hall–Kier alpha value is -0.680. The van der Waals surface area contributed by atoms with E-state index in [0.29, 0.717) is 10.0 Å². The molecule has 0 saturated carbocycles. The van der Waals surface area contributed by atoms with E-state index in [1.807, 2.05) is 11.4 Å². The maximum absolute atomic E-state index is 6.24. The molecule has 96 valence electrons. The van der Waals surface area contributed by atoms with Crippen LogP contribution in [-0.2, 0) is 0 Å². The van der Waals surface area contributed by atoms with Crippen LogP contribution in [0.1, 0.15) is 30.6 Å². The molecule has 0 saturated heterocycles. The molecule has 0 spiro atoms. The molecule has 0 aliphatic heterocycles. The fourth-order valence-corrected chi connectivity index (χ4v) is 2.58. The Morgan fingerprint density at radius 1 is 1.39 bits per heavy atom. The second kappa shape index (κ2) is 6.48. The summed E-state index contributed by atoms with van der Waals surface area (Å²) in [5.41, 5.74) is 1.81. The Morgan fingerprint density at radius 3 is 2.89 bits per heavy atom. The lowest BCUT2D eigenvalue weighted by molar-refractivity contribution is 0.585. The maximum atomic E-state index is 6.24. The van der Waals surface area contributed by atoms with Crippen molar-refractivity contribution in [3.8, 4) is 0 Å². The zero-order valence-corrected chi connectivity index (χ0v) is 12.2. The van der Waals surface area contributed by atoms with Crippen LogP contribution in [0.25, 0.3) is 0 Å². The van der Waals surface area contributed by atoms with Crippen LogP contribution in [0.15, 0.2) is 23.6 Å². The third-order valence-electron chi connectivity index (χ3n) is 2.54. The van der Waals surface area contributed by atoms with Gasteiger partial charge in [0.2, 0.25) is 0 Å². The van der Waals surface area contributed by atoms with Crippen molar-refractivity contribution < 1.29 is 0 Å². The van der Waals surface area contributed by atoms with Crippen molar-refractivity contribution in [3.63, 3.8) is 0 Å². The predicted octanol–water partition coefficient (Wildman–Crippen LogP) is 3.93. The van der Waals surface area contributed by atoms with Crippen molar-refractivity contribution in [1.82, 2.24) is 14.9 Å². The van der Waals surface area contributed by atoms with E-state index >= 15 is 0 Å². The molecule has 0 fully saturated rings. The summed E-state index contributed by atoms with van der Waals surface area (Å²) in [5, 5.41) is 10.8. The second-order valence-corrected chi connectivity index (χ2v) is 5.34.